The third-order valence-corrected chi connectivity index (χ3v) is 2.93. The molecule has 2 aliphatic rings. The van der Waals surface area contributed by atoms with Crippen molar-refractivity contribution < 1.29 is 24.9 Å². The van der Waals surface area contributed by atoms with Crippen LogP contribution in [0.2, 0.25) is 0 Å². The Bertz CT molecular complexity index is 275. The summed E-state index contributed by atoms with van der Waals surface area (Å²) in [6.07, 6.45) is -2.03. The monoisotopic (exact) mass is 232 g/mol. The second-order valence-electron chi connectivity index (χ2n) is 4.06. The third-order valence-electron chi connectivity index (χ3n) is 2.93. The summed E-state index contributed by atoms with van der Waals surface area (Å²) in [5.41, 5.74) is 0. The summed E-state index contributed by atoms with van der Waals surface area (Å²) in [4.78, 5) is 12.9. The van der Waals surface area contributed by atoms with Gasteiger partial charge in [-0.25, -0.2) is 4.79 Å². The fraction of sp³-hybridized carbons (Fsp3) is 0.889. The van der Waals surface area contributed by atoms with Crippen LogP contribution in [0.15, 0.2) is 0 Å². The van der Waals surface area contributed by atoms with Crippen molar-refractivity contribution in [3.8, 4) is 0 Å². The van der Waals surface area contributed by atoms with Crippen LogP contribution in [0.5, 0.6) is 0 Å². The molecule has 0 saturated carbocycles. The molecule has 2 amide bonds. The molecule has 7 heteroatoms. The van der Waals surface area contributed by atoms with Gasteiger partial charge >= 0.3 is 6.03 Å². The smallest absolute Gasteiger partial charge is 0.321 e. The Hall–Kier alpha value is -0.890. The first kappa shape index (κ1) is 11.6. The zero-order chi connectivity index (χ0) is 11.7. The van der Waals surface area contributed by atoms with Gasteiger partial charge in [-0.05, 0) is 0 Å². The molecule has 4 atom stereocenters. The van der Waals surface area contributed by atoms with Crippen LogP contribution in [0, 0.1) is 0 Å². The molecule has 0 radical (unpaired) electrons. The molecule has 0 aliphatic carbocycles. The van der Waals surface area contributed by atoms with E-state index in [1.54, 1.807) is 0 Å². The van der Waals surface area contributed by atoms with Crippen LogP contribution in [0.3, 0.4) is 0 Å². The lowest BCUT2D eigenvalue weighted by atomic mass is 10.2. The topological polar surface area (TPSA) is 102 Å². The summed E-state index contributed by atoms with van der Waals surface area (Å²) < 4.78 is 5.35. The first-order valence-corrected chi connectivity index (χ1v) is 5.31. The number of nitrogens with zero attached hydrogens (tertiary/aromatic N) is 1. The molecule has 4 N–H and O–H groups in total. The van der Waals surface area contributed by atoms with Crippen LogP contribution in [0.25, 0.3) is 0 Å². The van der Waals surface area contributed by atoms with Gasteiger partial charge in [-0.3, -0.25) is 4.90 Å². The number of carbonyl (C=O) groups excluding carboxylic acids is 1. The summed E-state index contributed by atoms with van der Waals surface area (Å²) in [5, 5.41) is 30.0. The Morgan fingerprint density at radius 3 is 2.81 bits per heavy atom. The van der Waals surface area contributed by atoms with Crippen LogP contribution in [0.1, 0.15) is 12.8 Å². The number of rotatable bonds is 2. The maximum atomic E-state index is 11.5. The van der Waals surface area contributed by atoms with Crippen LogP contribution < -0.4 is 5.32 Å². The van der Waals surface area contributed by atoms with E-state index in [0.29, 0.717) is 13.0 Å². The van der Waals surface area contributed by atoms with Gasteiger partial charge in [0.25, 0.3) is 0 Å². The first-order chi connectivity index (χ1) is 7.61. The maximum Gasteiger partial charge on any atom is 0.321 e. The molecule has 0 aromatic rings. The first-order valence-electron chi connectivity index (χ1n) is 5.31. The Morgan fingerprint density at radius 1 is 1.50 bits per heavy atom. The lowest BCUT2D eigenvalue weighted by Gasteiger charge is -2.34. The van der Waals surface area contributed by atoms with Gasteiger partial charge < -0.3 is 25.4 Å². The normalized spacial score (nSPS) is 39.9. The Labute approximate surface area is 92.6 Å². The largest absolute Gasteiger partial charge is 0.394 e. The molecule has 2 aliphatic heterocycles. The minimum Gasteiger partial charge on any atom is -0.394 e. The second kappa shape index (κ2) is 4.54. The number of carbonyl (C=O) groups is 1. The predicted octanol–water partition coefficient (Wildman–Crippen LogP) is -1.81. The van der Waals surface area contributed by atoms with Crippen molar-refractivity contribution in [2.75, 3.05) is 13.2 Å². The lowest BCUT2D eigenvalue weighted by Crippen LogP contribution is -2.55. The highest BCUT2D eigenvalue weighted by molar-refractivity contribution is 5.75. The number of nitrogens with one attached hydrogen (secondary N) is 1. The zero-order valence-corrected chi connectivity index (χ0v) is 8.74. The minimum atomic E-state index is -0.816. The molecule has 7 nitrogen and oxygen atoms in total. The van der Waals surface area contributed by atoms with Crippen molar-refractivity contribution in [1.82, 2.24) is 10.2 Å². The predicted molar refractivity (Wildman–Crippen MR) is 52.2 cm³/mol. The van der Waals surface area contributed by atoms with Crippen molar-refractivity contribution in [3.63, 3.8) is 0 Å². The fourth-order valence-corrected chi connectivity index (χ4v) is 2.01. The number of amides is 2. The third kappa shape index (κ3) is 2.12. The molecule has 0 aromatic carbocycles. The minimum absolute atomic E-state index is 0.268. The number of aliphatic hydroxyl groups is 3. The van der Waals surface area contributed by atoms with Gasteiger partial charge in [0, 0.05) is 19.4 Å². The van der Waals surface area contributed by atoms with Crippen LogP contribution in [-0.2, 0) is 4.74 Å². The number of hydrogen-bond acceptors (Lipinski definition) is 5. The summed E-state index contributed by atoms with van der Waals surface area (Å²) >= 11 is 0. The van der Waals surface area contributed by atoms with E-state index < -0.39 is 30.7 Å². The number of aliphatic hydroxyl groups excluding tert-OH is 3. The van der Waals surface area contributed by atoms with Crippen LogP contribution in [0.4, 0.5) is 4.79 Å². The number of urea groups is 1. The second-order valence-corrected chi connectivity index (χ2v) is 4.06. The Morgan fingerprint density at radius 2 is 2.25 bits per heavy atom. The quantitative estimate of drug-likeness (QED) is 0.449. The number of hydrogen-bond donors (Lipinski definition) is 4. The van der Waals surface area contributed by atoms with Crippen molar-refractivity contribution in [1.29, 1.82) is 0 Å². The van der Waals surface area contributed by atoms with Crippen molar-refractivity contribution >= 4 is 6.03 Å². The summed E-state index contributed by atoms with van der Waals surface area (Å²) in [7, 11) is 0. The molecule has 2 heterocycles. The molecule has 16 heavy (non-hydrogen) atoms. The molecule has 0 bridgehead atoms. The van der Waals surface area contributed by atoms with E-state index >= 15 is 0 Å². The van der Waals surface area contributed by atoms with E-state index in [1.807, 2.05) is 0 Å². The van der Waals surface area contributed by atoms with E-state index in [4.69, 9.17) is 9.84 Å². The molecule has 0 spiro atoms. The van der Waals surface area contributed by atoms with E-state index in [2.05, 4.69) is 5.32 Å². The highest BCUT2D eigenvalue weighted by Gasteiger charge is 2.40. The standard InChI is InChI=1S/C9H16N2O5/c12-4-6-5(13)3-8(16-6)11-2-1-7(14)10-9(11)15/h5-8,12-14H,1-4H2,(H,10,15)/t5-,6+,7+,8+/m0/s1. The SMILES string of the molecule is O=C1N[C@H](O)CCN1[C@H]1C[C@H](O)[C@@H](CO)O1. The summed E-state index contributed by atoms with van der Waals surface area (Å²) in [5.74, 6) is 0. The van der Waals surface area contributed by atoms with E-state index in [9.17, 15) is 15.0 Å². The van der Waals surface area contributed by atoms with Crippen molar-refractivity contribution in [2.45, 2.75) is 37.5 Å². The van der Waals surface area contributed by atoms with Crippen molar-refractivity contribution in [2.24, 2.45) is 0 Å². The van der Waals surface area contributed by atoms with Gasteiger partial charge in [0.15, 0.2) is 0 Å². The molecule has 2 rings (SSSR count). The average molecular weight is 232 g/mol. The van der Waals surface area contributed by atoms with Crippen molar-refractivity contribution in [3.05, 3.63) is 0 Å². The van der Waals surface area contributed by atoms with Gasteiger partial charge in [-0.2, -0.15) is 0 Å². The summed E-state index contributed by atoms with van der Waals surface area (Å²) in [6, 6.07) is -0.408. The summed E-state index contributed by atoms with van der Waals surface area (Å²) in [6.45, 7) is 0.109. The van der Waals surface area contributed by atoms with E-state index in [0.717, 1.165) is 0 Å². The zero-order valence-electron chi connectivity index (χ0n) is 8.74. The molecule has 0 unspecified atom stereocenters. The van der Waals surface area contributed by atoms with Gasteiger partial charge in [0.2, 0.25) is 0 Å². The fourth-order valence-electron chi connectivity index (χ4n) is 2.01. The highest BCUT2D eigenvalue weighted by Crippen LogP contribution is 2.24. The highest BCUT2D eigenvalue weighted by atomic mass is 16.5. The molecule has 2 saturated heterocycles. The maximum absolute atomic E-state index is 11.5. The van der Waals surface area contributed by atoms with Gasteiger partial charge in [0.1, 0.15) is 18.6 Å². The Kier molecular flexibility index (Phi) is 3.29. The van der Waals surface area contributed by atoms with E-state index in [-0.39, 0.29) is 13.0 Å². The molecular formula is C9H16N2O5. The molecule has 2 fully saturated rings. The van der Waals surface area contributed by atoms with Gasteiger partial charge in [-0.15, -0.1) is 0 Å². The number of ether oxygens (including phenoxy) is 1. The van der Waals surface area contributed by atoms with Crippen LogP contribution in [-0.4, -0.2) is 64.1 Å². The average Bonchev–Trinajstić information content (AvgIpc) is 2.59. The van der Waals surface area contributed by atoms with Crippen LogP contribution >= 0.6 is 0 Å². The van der Waals surface area contributed by atoms with Gasteiger partial charge in [-0.1, -0.05) is 0 Å². The Balaban J connectivity index is 1.96. The lowest BCUT2D eigenvalue weighted by molar-refractivity contribution is -0.0730. The molecule has 92 valence electrons. The van der Waals surface area contributed by atoms with E-state index in [1.165, 1.54) is 4.90 Å². The van der Waals surface area contributed by atoms with Gasteiger partial charge in [0.05, 0.1) is 12.7 Å². The molecular weight excluding hydrogens is 216 g/mol. The molecule has 0 aromatic heterocycles.